The van der Waals surface area contributed by atoms with E-state index in [9.17, 15) is 9.59 Å². The lowest BCUT2D eigenvalue weighted by atomic mass is 10.2. The third kappa shape index (κ3) is 9.30. The van der Waals surface area contributed by atoms with Crippen molar-refractivity contribution in [1.29, 1.82) is 0 Å². The highest BCUT2D eigenvalue weighted by atomic mass is 16.6. The molecule has 1 N–H and O–H groups in total. The third-order valence-corrected chi connectivity index (χ3v) is 1.58. The number of alkyl carbamates (subject to hydrolysis) is 2. The van der Waals surface area contributed by atoms with Crippen molar-refractivity contribution >= 4 is 12.2 Å². The molecule has 0 spiro atoms. The predicted molar refractivity (Wildman–Crippen MR) is 60.2 cm³/mol. The fraction of sp³-hybridized carbons (Fsp3) is 0.818. The molecule has 0 aliphatic rings. The Morgan fingerprint density at radius 2 is 1.75 bits per heavy atom. The Hall–Kier alpha value is -1.26. The van der Waals surface area contributed by atoms with Crippen LogP contribution in [0.15, 0.2) is 0 Å². The van der Waals surface area contributed by atoms with Crippen LogP contribution < -0.4 is 5.32 Å². The SMILES string of the molecule is CCCCCOC(=O)NC(=O)OC(C)(C)C. The van der Waals surface area contributed by atoms with Gasteiger partial charge in [0.05, 0.1) is 6.61 Å². The molecule has 0 heterocycles. The largest absolute Gasteiger partial charge is 0.449 e. The van der Waals surface area contributed by atoms with Crippen molar-refractivity contribution in [3.63, 3.8) is 0 Å². The molecule has 0 bridgehead atoms. The lowest BCUT2D eigenvalue weighted by molar-refractivity contribution is 0.0510. The standard InChI is InChI=1S/C11H21NO4/c1-5-6-7-8-15-9(13)12-10(14)16-11(2,3)4/h5-8H2,1-4H3,(H,12,13,14). The second-order valence-electron chi connectivity index (χ2n) is 4.47. The van der Waals surface area contributed by atoms with Crippen LogP contribution in [-0.2, 0) is 9.47 Å². The quantitative estimate of drug-likeness (QED) is 0.755. The number of hydrogen-bond donors (Lipinski definition) is 1. The molecule has 2 amide bonds. The molecule has 0 radical (unpaired) electrons. The number of rotatable bonds is 4. The summed E-state index contributed by atoms with van der Waals surface area (Å²) in [5.74, 6) is 0. The van der Waals surface area contributed by atoms with Gasteiger partial charge in [0.25, 0.3) is 0 Å². The Labute approximate surface area is 96.5 Å². The maximum absolute atomic E-state index is 11.1. The molecular weight excluding hydrogens is 210 g/mol. The second kappa shape index (κ2) is 7.09. The minimum absolute atomic E-state index is 0.322. The molecule has 0 aromatic carbocycles. The molecule has 0 aromatic rings. The van der Waals surface area contributed by atoms with Crippen molar-refractivity contribution in [3.8, 4) is 0 Å². The third-order valence-electron chi connectivity index (χ3n) is 1.58. The molecule has 0 saturated heterocycles. The van der Waals surface area contributed by atoms with Crippen molar-refractivity contribution < 1.29 is 19.1 Å². The van der Waals surface area contributed by atoms with Crippen molar-refractivity contribution in [2.24, 2.45) is 0 Å². The summed E-state index contributed by atoms with van der Waals surface area (Å²) >= 11 is 0. The lowest BCUT2D eigenvalue weighted by Gasteiger charge is -2.19. The lowest BCUT2D eigenvalue weighted by Crippen LogP contribution is -2.36. The first-order valence-electron chi connectivity index (χ1n) is 5.52. The van der Waals surface area contributed by atoms with Gasteiger partial charge in [-0.25, -0.2) is 14.9 Å². The van der Waals surface area contributed by atoms with Crippen LogP contribution in [0.2, 0.25) is 0 Å². The topological polar surface area (TPSA) is 64.6 Å². The van der Waals surface area contributed by atoms with Crippen molar-refractivity contribution in [1.82, 2.24) is 5.32 Å². The molecule has 0 fully saturated rings. The van der Waals surface area contributed by atoms with Crippen LogP contribution in [0.1, 0.15) is 47.0 Å². The van der Waals surface area contributed by atoms with E-state index in [4.69, 9.17) is 9.47 Å². The minimum Gasteiger partial charge on any atom is -0.449 e. The smallest absolute Gasteiger partial charge is 0.417 e. The first kappa shape index (κ1) is 14.7. The highest BCUT2D eigenvalue weighted by Crippen LogP contribution is 2.06. The van der Waals surface area contributed by atoms with Crippen LogP contribution in [0.5, 0.6) is 0 Å². The van der Waals surface area contributed by atoms with Gasteiger partial charge in [-0.05, 0) is 27.2 Å². The van der Waals surface area contributed by atoms with Gasteiger partial charge in [-0.2, -0.15) is 0 Å². The Bertz CT molecular complexity index is 233. The van der Waals surface area contributed by atoms with Crippen LogP contribution >= 0.6 is 0 Å². The number of ether oxygens (including phenoxy) is 2. The number of carbonyl (C=O) groups excluding carboxylic acids is 2. The number of amides is 2. The number of carbonyl (C=O) groups is 2. The minimum atomic E-state index is -0.784. The summed E-state index contributed by atoms with van der Waals surface area (Å²) in [4.78, 5) is 22.2. The molecule has 0 aliphatic carbocycles. The molecular formula is C11H21NO4. The Morgan fingerprint density at radius 3 is 2.25 bits per heavy atom. The molecule has 0 saturated carbocycles. The van der Waals surface area contributed by atoms with Gasteiger partial charge in [-0.3, -0.25) is 0 Å². The van der Waals surface area contributed by atoms with Gasteiger partial charge in [0.1, 0.15) is 5.60 Å². The van der Waals surface area contributed by atoms with E-state index in [2.05, 4.69) is 6.92 Å². The van der Waals surface area contributed by atoms with Crippen LogP contribution in [0.4, 0.5) is 9.59 Å². The van der Waals surface area contributed by atoms with Crippen LogP contribution in [-0.4, -0.2) is 24.4 Å². The Morgan fingerprint density at radius 1 is 1.12 bits per heavy atom. The summed E-state index contributed by atoms with van der Waals surface area (Å²) in [5.41, 5.74) is -0.618. The zero-order valence-corrected chi connectivity index (χ0v) is 10.5. The van der Waals surface area contributed by atoms with E-state index in [1.54, 1.807) is 20.8 Å². The van der Waals surface area contributed by atoms with Gasteiger partial charge in [0, 0.05) is 0 Å². The van der Waals surface area contributed by atoms with Gasteiger partial charge in [-0.1, -0.05) is 19.8 Å². The first-order chi connectivity index (χ1) is 7.35. The summed E-state index contributed by atoms with van der Waals surface area (Å²) in [6.45, 7) is 7.54. The van der Waals surface area contributed by atoms with Crippen molar-refractivity contribution in [3.05, 3.63) is 0 Å². The van der Waals surface area contributed by atoms with E-state index < -0.39 is 17.8 Å². The Kier molecular flexibility index (Phi) is 6.53. The van der Waals surface area contributed by atoms with E-state index in [1.807, 2.05) is 5.32 Å². The normalized spacial score (nSPS) is 10.8. The molecule has 5 heteroatoms. The van der Waals surface area contributed by atoms with Crippen LogP contribution in [0.3, 0.4) is 0 Å². The van der Waals surface area contributed by atoms with Gasteiger partial charge in [-0.15, -0.1) is 0 Å². The van der Waals surface area contributed by atoms with E-state index >= 15 is 0 Å². The number of nitrogens with one attached hydrogen (secondary N) is 1. The summed E-state index contributed by atoms with van der Waals surface area (Å²) in [7, 11) is 0. The molecule has 0 atom stereocenters. The highest BCUT2D eigenvalue weighted by molar-refractivity contribution is 5.87. The fourth-order valence-corrected chi connectivity index (χ4v) is 0.940. The number of hydrogen-bond acceptors (Lipinski definition) is 4. The molecule has 0 rings (SSSR count). The van der Waals surface area contributed by atoms with Gasteiger partial charge in [0.15, 0.2) is 0 Å². The van der Waals surface area contributed by atoms with Crippen molar-refractivity contribution in [2.45, 2.75) is 52.6 Å². The predicted octanol–water partition coefficient (Wildman–Crippen LogP) is 2.84. The maximum Gasteiger partial charge on any atom is 0.417 e. The van der Waals surface area contributed by atoms with E-state index in [0.29, 0.717) is 6.61 Å². The summed E-state index contributed by atoms with van der Waals surface area (Å²) in [6, 6.07) is 0. The average molecular weight is 231 g/mol. The zero-order valence-electron chi connectivity index (χ0n) is 10.5. The van der Waals surface area contributed by atoms with Gasteiger partial charge in [0.2, 0.25) is 0 Å². The van der Waals surface area contributed by atoms with Gasteiger partial charge < -0.3 is 9.47 Å². The first-order valence-corrected chi connectivity index (χ1v) is 5.52. The highest BCUT2D eigenvalue weighted by Gasteiger charge is 2.18. The summed E-state index contributed by atoms with van der Waals surface area (Å²) in [5, 5.41) is 1.99. The monoisotopic (exact) mass is 231 g/mol. The van der Waals surface area contributed by atoms with Crippen molar-refractivity contribution in [2.75, 3.05) is 6.61 Å². The van der Waals surface area contributed by atoms with E-state index in [0.717, 1.165) is 19.3 Å². The van der Waals surface area contributed by atoms with Crippen LogP contribution in [0, 0.1) is 0 Å². The van der Waals surface area contributed by atoms with E-state index in [1.165, 1.54) is 0 Å². The summed E-state index contributed by atoms with van der Waals surface area (Å²) in [6.07, 6.45) is 1.31. The number of imide groups is 1. The fourth-order valence-electron chi connectivity index (χ4n) is 0.940. The second-order valence-corrected chi connectivity index (χ2v) is 4.47. The molecule has 0 unspecified atom stereocenters. The van der Waals surface area contributed by atoms with Crippen LogP contribution in [0.25, 0.3) is 0 Å². The average Bonchev–Trinajstić information content (AvgIpc) is 2.09. The molecule has 94 valence electrons. The molecule has 5 nitrogen and oxygen atoms in total. The molecule has 0 aliphatic heterocycles. The molecule has 0 aromatic heterocycles. The van der Waals surface area contributed by atoms with E-state index in [-0.39, 0.29) is 0 Å². The Balaban J connectivity index is 3.67. The molecule has 16 heavy (non-hydrogen) atoms. The van der Waals surface area contributed by atoms with Gasteiger partial charge >= 0.3 is 12.2 Å². The maximum atomic E-state index is 11.1. The number of unbranched alkanes of at least 4 members (excludes halogenated alkanes) is 2. The zero-order chi connectivity index (χ0) is 12.6. The summed E-state index contributed by atoms with van der Waals surface area (Å²) < 4.78 is 9.66.